The van der Waals surface area contributed by atoms with E-state index in [1.807, 2.05) is 50.2 Å². The van der Waals surface area contributed by atoms with Gasteiger partial charge in [-0.2, -0.15) is 4.98 Å². The number of allylic oxidation sites excluding steroid dienone is 1. The summed E-state index contributed by atoms with van der Waals surface area (Å²) in [6, 6.07) is 20.0. The molecule has 0 saturated carbocycles. The summed E-state index contributed by atoms with van der Waals surface area (Å²) in [6.45, 7) is 17.0. The van der Waals surface area contributed by atoms with Crippen molar-refractivity contribution in [2.75, 3.05) is 56.1 Å². The highest BCUT2D eigenvalue weighted by molar-refractivity contribution is 5.96. The fourth-order valence-corrected chi connectivity index (χ4v) is 9.18. The maximum atomic E-state index is 13.9. The van der Waals surface area contributed by atoms with Gasteiger partial charge in [-0.25, -0.2) is 19.3 Å². The van der Waals surface area contributed by atoms with E-state index >= 15 is 0 Å². The number of hydrogen-bond donors (Lipinski definition) is 4. The van der Waals surface area contributed by atoms with E-state index in [2.05, 4.69) is 65.4 Å². The zero-order valence-corrected chi connectivity index (χ0v) is 42.1. The molecule has 6 heterocycles. The molecule has 1 unspecified atom stereocenters. The van der Waals surface area contributed by atoms with Gasteiger partial charge in [0.1, 0.15) is 33.6 Å². The summed E-state index contributed by atoms with van der Waals surface area (Å²) >= 11 is 0. The Balaban J connectivity index is 0.747. The Morgan fingerprint density at radius 3 is 2.48 bits per heavy atom. The van der Waals surface area contributed by atoms with Gasteiger partial charge in [0.25, 0.3) is 5.56 Å². The molecule has 3 aliphatic heterocycles. The number of aromatic nitrogens is 5. The van der Waals surface area contributed by atoms with Crippen molar-refractivity contribution in [1.82, 2.24) is 39.4 Å². The second kappa shape index (κ2) is 23.3. The van der Waals surface area contributed by atoms with Crippen LogP contribution in [0.5, 0.6) is 0 Å². The number of carbonyl (C=O) groups excluding carboxylic acids is 2. The van der Waals surface area contributed by atoms with Gasteiger partial charge in [-0.15, -0.1) is 17.7 Å². The highest BCUT2D eigenvalue weighted by atomic mass is 16.5. The minimum Gasteiger partial charge on any atom is -0.455 e. The van der Waals surface area contributed by atoms with Crippen LogP contribution in [-0.2, 0) is 33.0 Å². The molecule has 8 rings (SSSR count). The zero-order chi connectivity index (χ0) is 51.6. The Kier molecular flexibility index (Phi) is 16.6. The van der Waals surface area contributed by atoms with E-state index in [0.717, 1.165) is 80.9 Å². The molecule has 0 aliphatic carbocycles. The number of fused-ring (bicyclic) bond motifs is 1. The molecule has 19 nitrogen and oxygen atoms in total. The molecule has 382 valence electrons. The number of hydrogen-bond acceptors (Lipinski definition) is 14. The minimum absolute atomic E-state index is 0.0738. The molecule has 0 radical (unpaired) electrons. The lowest BCUT2D eigenvalue weighted by Crippen LogP contribution is -2.49. The maximum absolute atomic E-state index is 13.9. The number of carbonyl (C=O) groups is 2. The van der Waals surface area contributed by atoms with Crippen LogP contribution in [0.15, 0.2) is 113 Å². The SMILES string of the molecule is C#Cc1ccc(CNC(=O)[C@@H]2C[C@@H](O)CN2C(=O)C(/C=[N+]2/C=C(OCCCCCCN3CCN(c4ccc(Nc5ncc6c(=O)n(CC=C)n(-c7cccc(C(C)(C)O)n7)c6n5)cc4)CC3)N=N2)C(C)C)cc1. The van der Waals surface area contributed by atoms with E-state index < -0.39 is 23.7 Å². The van der Waals surface area contributed by atoms with Gasteiger partial charge in [-0.1, -0.05) is 56.9 Å². The van der Waals surface area contributed by atoms with Crippen LogP contribution < -0.4 is 21.1 Å². The number of pyridine rings is 1. The minimum atomic E-state index is -1.18. The lowest BCUT2D eigenvalue weighted by molar-refractivity contribution is -0.462. The fourth-order valence-electron chi connectivity index (χ4n) is 9.18. The first-order valence-electron chi connectivity index (χ1n) is 25.0. The Hall–Kier alpha value is -7.53. The highest BCUT2D eigenvalue weighted by Gasteiger charge is 2.42. The van der Waals surface area contributed by atoms with Crippen molar-refractivity contribution in [3.05, 3.63) is 125 Å². The first kappa shape index (κ1) is 51.8. The van der Waals surface area contributed by atoms with Gasteiger partial charge in [0.15, 0.2) is 11.5 Å². The molecule has 0 spiro atoms. The number of nitrogens with zero attached hydrogens (tertiary/aromatic N) is 11. The molecule has 2 aromatic carbocycles. The van der Waals surface area contributed by atoms with Gasteiger partial charge < -0.3 is 35.4 Å². The molecule has 2 fully saturated rings. The lowest BCUT2D eigenvalue weighted by Gasteiger charge is -2.36. The van der Waals surface area contributed by atoms with Gasteiger partial charge >= 0.3 is 5.88 Å². The number of rotatable bonds is 21. The average molecular weight is 993 g/mol. The number of terminal acetylenes is 1. The van der Waals surface area contributed by atoms with Crippen molar-refractivity contribution in [3.63, 3.8) is 0 Å². The molecule has 5 aromatic rings. The van der Waals surface area contributed by atoms with Crippen LogP contribution in [-0.4, -0.2) is 125 Å². The van der Waals surface area contributed by atoms with E-state index in [9.17, 15) is 24.6 Å². The molecule has 3 atom stereocenters. The predicted octanol–water partition coefficient (Wildman–Crippen LogP) is 5.63. The molecule has 3 aromatic heterocycles. The summed E-state index contributed by atoms with van der Waals surface area (Å²) in [5.74, 6) is 2.42. The summed E-state index contributed by atoms with van der Waals surface area (Å²) < 4.78 is 10.6. The number of likely N-dealkylation sites (tertiary alicyclic amines) is 1. The Bertz CT molecular complexity index is 2960. The normalized spacial score (nSPS) is 18.1. The van der Waals surface area contributed by atoms with Crippen LogP contribution in [0.1, 0.15) is 76.6 Å². The summed E-state index contributed by atoms with van der Waals surface area (Å²) in [4.78, 5) is 60.9. The van der Waals surface area contributed by atoms with Crippen molar-refractivity contribution in [2.24, 2.45) is 22.2 Å². The average Bonchev–Trinajstić information content (AvgIpc) is 4.09. The van der Waals surface area contributed by atoms with Crippen LogP contribution in [0.25, 0.3) is 16.9 Å². The number of β-amino-alcohol motifs (C(OH)–C–C–N with tert-alkyl or cyclic N) is 1. The second-order valence-corrected chi connectivity index (χ2v) is 19.5. The van der Waals surface area contributed by atoms with Crippen LogP contribution in [0.2, 0.25) is 0 Å². The largest absolute Gasteiger partial charge is 0.455 e. The topological polar surface area (TPSA) is 211 Å². The number of benzene rings is 2. The van der Waals surface area contributed by atoms with Crippen LogP contribution in [0, 0.1) is 24.2 Å². The summed E-state index contributed by atoms with van der Waals surface area (Å²) in [5, 5.41) is 36.0. The van der Waals surface area contributed by atoms with Gasteiger partial charge in [-0.05, 0) is 93.2 Å². The molecule has 3 aliphatic rings. The molecular formula is C54H66N13O6+. The van der Waals surface area contributed by atoms with Gasteiger partial charge in [0.2, 0.25) is 24.0 Å². The van der Waals surface area contributed by atoms with Gasteiger partial charge in [0, 0.05) is 68.8 Å². The fraction of sp³-hybridized carbons (Fsp3) is 0.426. The third kappa shape index (κ3) is 12.8. The van der Waals surface area contributed by atoms with E-state index in [1.165, 1.54) is 20.5 Å². The quantitative estimate of drug-likeness (QED) is 0.0305. The number of aliphatic hydroxyl groups excluding tert-OH is 1. The molecule has 2 amide bonds. The molecule has 4 N–H and O–H groups in total. The Morgan fingerprint density at radius 2 is 1.77 bits per heavy atom. The Morgan fingerprint density at radius 1 is 1.01 bits per heavy atom. The van der Waals surface area contributed by atoms with E-state index in [-0.39, 0.29) is 49.3 Å². The standard InChI is InChI=1S/C54H65N13O6/c1-7-24-66-52(71)43-33-56-53(59-49(43)67(66)47-15-13-14-46(58-47)54(5,6)72)57-40-20-22-41(23-21-40)63-28-26-62(27-29-63)25-11-9-10-12-30-73-48-36-64(61-60-48)35-44(37(3)4)51(70)65-34-42(68)31-45(65)50(69)55-32-39-18-16-38(8-2)17-19-39/h2,7,13-23,33,35-37,42,44-45,68,72H,1,9-12,24-32,34H2,3-6H3,(H-,55,56,57,59,69,71)/p+1/b64-35-/t42-,44?,45+/m1/s1. The number of unbranched alkanes of at least 4 members (excludes halogenated alkanes) is 3. The van der Waals surface area contributed by atoms with Gasteiger partial charge in [-0.3, -0.25) is 19.3 Å². The van der Waals surface area contributed by atoms with Crippen molar-refractivity contribution >= 4 is 46.4 Å². The molecule has 0 bridgehead atoms. The summed E-state index contributed by atoms with van der Waals surface area (Å²) in [6.07, 6.45) is 15.4. The highest BCUT2D eigenvalue weighted by Crippen LogP contribution is 2.26. The van der Waals surface area contributed by atoms with Crippen molar-refractivity contribution in [2.45, 2.75) is 90.6 Å². The first-order valence-corrected chi connectivity index (χ1v) is 25.0. The molecular weight excluding hydrogens is 927 g/mol. The van der Waals surface area contributed by atoms with Crippen LogP contribution in [0.4, 0.5) is 17.3 Å². The van der Waals surface area contributed by atoms with E-state index in [0.29, 0.717) is 41.0 Å². The van der Waals surface area contributed by atoms with Crippen LogP contribution in [0.3, 0.4) is 0 Å². The van der Waals surface area contributed by atoms with E-state index in [1.54, 1.807) is 55.2 Å². The van der Waals surface area contributed by atoms with Crippen molar-refractivity contribution < 1.29 is 29.2 Å². The third-order valence-corrected chi connectivity index (χ3v) is 13.3. The molecule has 2 saturated heterocycles. The molecule has 73 heavy (non-hydrogen) atoms. The van der Waals surface area contributed by atoms with Gasteiger partial charge in [0.05, 0.1) is 30.9 Å². The smallest absolute Gasteiger partial charge is 0.398 e. The summed E-state index contributed by atoms with van der Waals surface area (Å²) in [5.41, 5.74) is 2.97. The van der Waals surface area contributed by atoms with Crippen molar-refractivity contribution in [3.8, 4) is 18.2 Å². The second-order valence-electron chi connectivity index (χ2n) is 19.5. The van der Waals surface area contributed by atoms with E-state index in [4.69, 9.17) is 16.1 Å². The monoisotopic (exact) mass is 993 g/mol. The number of aliphatic hydroxyl groups is 2. The maximum Gasteiger partial charge on any atom is 0.398 e. The first-order chi connectivity index (χ1) is 35.2. The number of ether oxygens (including phenoxy) is 1. The summed E-state index contributed by atoms with van der Waals surface area (Å²) in [7, 11) is 0. The number of anilines is 3. The number of piperazine rings is 1. The predicted molar refractivity (Wildman–Crippen MR) is 279 cm³/mol. The number of nitrogens with one attached hydrogen (secondary N) is 2. The zero-order valence-electron chi connectivity index (χ0n) is 42.1. The number of amides is 2. The Labute approximate surface area is 425 Å². The molecule has 19 heteroatoms. The van der Waals surface area contributed by atoms with Crippen molar-refractivity contribution in [1.29, 1.82) is 0 Å². The van der Waals surface area contributed by atoms with Crippen LogP contribution >= 0.6 is 0 Å². The third-order valence-electron chi connectivity index (χ3n) is 13.3. The lowest BCUT2D eigenvalue weighted by atomic mass is 9.95.